The molecule has 0 aromatic heterocycles. The number of aryl methyl sites for hydroxylation is 1. The predicted molar refractivity (Wildman–Crippen MR) is 68.1 cm³/mol. The van der Waals surface area contributed by atoms with E-state index in [4.69, 9.17) is 0 Å². The highest BCUT2D eigenvalue weighted by Crippen LogP contribution is 2.34. The molecule has 1 aliphatic rings. The minimum absolute atomic E-state index is 0.249. The van der Waals surface area contributed by atoms with Gasteiger partial charge in [-0.3, -0.25) is 4.21 Å². The first-order valence-corrected chi connectivity index (χ1v) is 7.09. The molecule has 0 aliphatic carbocycles. The molecule has 3 heteroatoms. The molecule has 0 radical (unpaired) electrons. The number of hydrogen-bond acceptors (Lipinski definition) is 2. The zero-order valence-corrected chi connectivity index (χ0v) is 10.9. The monoisotopic (exact) mass is 237 g/mol. The van der Waals surface area contributed by atoms with E-state index in [0.29, 0.717) is 6.04 Å². The summed E-state index contributed by atoms with van der Waals surface area (Å²) in [7, 11) is -0.832. The van der Waals surface area contributed by atoms with Gasteiger partial charge < -0.3 is 5.32 Å². The second kappa shape index (κ2) is 4.68. The molecule has 16 heavy (non-hydrogen) atoms. The zero-order chi connectivity index (χ0) is 11.7. The first-order chi connectivity index (χ1) is 7.63. The van der Waals surface area contributed by atoms with E-state index in [-0.39, 0.29) is 5.25 Å². The van der Waals surface area contributed by atoms with Crippen LogP contribution in [-0.2, 0) is 10.8 Å². The first kappa shape index (κ1) is 11.8. The van der Waals surface area contributed by atoms with E-state index in [1.807, 2.05) is 6.07 Å². The molecule has 1 aromatic rings. The summed E-state index contributed by atoms with van der Waals surface area (Å²) in [6.45, 7) is 7.23. The molecule has 3 unspecified atom stereocenters. The van der Waals surface area contributed by atoms with Gasteiger partial charge in [0.25, 0.3) is 0 Å². The van der Waals surface area contributed by atoms with Gasteiger partial charge in [-0.2, -0.15) is 0 Å². The van der Waals surface area contributed by atoms with Crippen LogP contribution in [0.25, 0.3) is 0 Å². The van der Waals surface area contributed by atoms with Crippen molar-refractivity contribution < 1.29 is 4.21 Å². The van der Waals surface area contributed by atoms with Gasteiger partial charge in [0.1, 0.15) is 0 Å². The summed E-state index contributed by atoms with van der Waals surface area (Å²) in [6.07, 6.45) is 0.969. The predicted octanol–water partition coefficient (Wildman–Crippen LogP) is 2.55. The van der Waals surface area contributed by atoms with Crippen molar-refractivity contribution in [1.29, 1.82) is 0 Å². The molecular weight excluding hydrogens is 218 g/mol. The Bertz CT molecular complexity index is 416. The molecule has 0 spiro atoms. The molecule has 2 nitrogen and oxygen atoms in total. The first-order valence-electron chi connectivity index (χ1n) is 5.88. The third-order valence-corrected chi connectivity index (χ3v) is 4.87. The van der Waals surface area contributed by atoms with Crippen molar-refractivity contribution in [2.75, 3.05) is 6.54 Å². The molecule has 1 aromatic carbocycles. The maximum absolute atomic E-state index is 12.2. The van der Waals surface area contributed by atoms with Crippen LogP contribution in [0.3, 0.4) is 0 Å². The lowest BCUT2D eigenvalue weighted by molar-refractivity contribution is 0.490. The lowest BCUT2D eigenvalue weighted by Gasteiger charge is -2.30. The topological polar surface area (TPSA) is 29.1 Å². The van der Waals surface area contributed by atoms with Crippen LogP contribution in [0.5, 0.6) is 0 Å². The van der Waals surface area contributed by atoms with Gasteiger partial charge in [0.15, 0.2) is 0 Å². The molecule has 1 N–H and O–H groups in total. The summed E-state index contributed by atoms with van der Waals surface area (Å²) in [4.78, 5) is 1.02. The third-order valence-electron chi connectivity index (χ3n) is 3.14. The van der Waals surface area contributed by atoms with Crippen molar-refractivity contribution in [3.05, 3.63) is 29.3 Å². The largest absolute Gasteiger partial charge is 0.310 e. The Morgan fingerprint density at radius 2 is 2.25 bits per heavy atom. The smallest absolute Gasteiger partial charge is 0.0562 e. The Hall–Kier alpha value is -0.670. The van der Waals surface area contributed by atoms with E-state index < -0.39 is 10.8 Å². The van der Waals surface area contributed by atoms with Crippen molar-refractivity contribution >= 4 is 10.8 Å². The van der Waals surface area contributed by atoms with Crippen LogP contribution in [0.2, 0.25) is 0 Å². The molecule has 1 aliphatic heterocycles. The standard InChI is InChI=1S/C13H19NOS/c1-4-14-12-8-10(3)16(15)13-6-5-9(2)7-11(12)13/h5-7,10,12,14H,4,8H2,1-3H3. The van der Waals surface area contributed by atoms with Crippen molar-refractivity contribution in [2.24, 2.45) is 0 Å². The van der Waals surface area contributed by atoms with Crippen molar-refractivity contribution in [1.82, 2.24) is 5.32 Å². The highest BCUT2D eigenvalue weighted by atomic mass is 32.2. The third kappa shape index (κ3) is 2.06. The fourth-order valence-electron chi connectivity index (χ4n) is 2.33. The van der Waals surface area contributed by atoms with Crippen LogP contribution in [0, 0.1) is 6.92 Å². The number of rotatable bonds is 2. The maximum Gasteiger partial charge on any atom is 0.0562 e. The summed E-state index contributed by atoms with van der Waals surface area (Å²) in [6, 6.07) is 6.62. The Morgan fingerprint density at radius 1 is 1.50 bits per heavy atom. The molecule has 2 rings (SSSR count). The Labute approximate surface area is 99.9 Å². The van der Waals surface area contributed by atoms with Gasteiger partial charge in [0, 0.05) is 16.2 Å². The van der Waals surface area contributed by atoms with Crippen molar-refractivity contribution in [3.63, 3.8) is 0 Å². The molecule has 0 saturated heterocycles. The molecule has 0 bridgehead atoms. The normalized spacial score (nSPS) is 28.8. The van der Waals surface area contributed by atoms with Crippen molar-refractivity contribution in [3.8, 4) is 0 Å². The van der Waals surface area contributed by atoms with Crippen LogP contribution >= 0.6 is 0 Å². The van der Waals surface area contributed by atoms with Crippen LogP contribution in [0.4, 0.5) is 0 Å². The van der Waals surface area contributed by atoms with E-state index in [0.717, 1.165) is 17.9 Å². The Kier molecular flexibility index (Phi) is 3.45. The van der Waals surface area contributed by atoms with E-state index in [9.17, 15) is 4.21 Å². The Morgan fingerprint density at radius 3 is 2.94 bits per heavy atom. The summed E-state index contributed by atoms with van der Waals surface area (Å²) >= 11 is 0. The highest BCUT2D eigenvalue weighted by molar-refractivity contribution is 7.85. The van der Waals surface area contributed by atoms with Gasteiger partial charge in [-0.25, -0.2) is 0 Å². The maximum atomic E-state index is 12.2. The number of fused-ring (bicyclic) bond motifs is 1. The summed E-state index contributed by atoms with van der Waals surface area (Å²) in [5.74, 6) is 0. The second-order valence-corrected chi connectivity index (χ2v) is 6.33. The van der Waals surface area contributed by atoms with Gasteiger partial charge >= 0.3 is 0 Å². The average molecular weight is 237 g/mol. The zero-order valence-electron chi connectivity index (χ0n) is 10.1. The van der Waals surface area contributed by atoms with Gasteiger partial charge in [-0.05, 0) is 31.5 Å². The molecule has 88 valence electrons. The fraction of sp³-hybridized carbons (Fsp3) is 0.538. The van der Waals surface area contributed by atoms with Gasteiger partial charge in [-0.15, -0.1) is 0 Å². The highest BCUT2D eigenvalue weighted by Gasteiger charge is 2.29. The van der Waals surface area contributed by atoms with Gasteiger partial charge in [-0.1, -0.05) is 31.5 Å². The van der Waals surface area contributed by atoms with E-state index in [1.165, 1.54) is 11.1 Å². The lowest BCUT2D eigenvalue weighted by atomic mass is 9.99. The SMILES string of the molecule is CCNC1CC(C)S(=O)c2ccc(C)cc21. The lowest BCUT2D eigenvalue weighted by Crippen LogP contribution is -2.31. The quantitative estimate of drug-likeness (QED) is 0.856. The van der Waals surface area contributed by atoms with Crippen LogP contribution in [-0.4, -0.2) is 16.0 Å². The van der Waals surface area contributed by atoms with E-state index in [2.05, 4.69) is 38.2 Å². The summed E-state index contributed by atoms with van der Waals surface area (Å²) in [5.41, 5.74) is 2.48. The van der Waals surface area contributed by atoms with Gasteiger partial charge in [0.2, 0.25) is 0 Å². The molecule has 3 atom stereocenters. The molecule has 0 fully saturated rings. The average Bonchev–Trinajstić information content (AvgIpc) is 2.26. The molecular formula is C13H19NOS. The number of benzene rings is 1. The summed E-state index contributed by atoms with van der Waals surface area (Å²) in [5, 5.41) is 3.73. The van der Waals surface area contributed by atoms with E-state index in [1.54, 1.807) is 0 Å². The molecule has 0 saturated carbocycles. The van der Waals surface area contributed by atoms with Crippen LogP contribution in [0.15, 0.2) is 23.1 Å². The Balaban J connectivity index is 2.45. The molecule has 0 amide bonds. The minimum Gasteiger partial charge on any atom is -0.310 e. The number of hydrogen-bond donors (Lipinski definition) is 1. The number of nitrogens with one attached hydrogen (secondary N) is 1. The molecule has 1 heterocycles. The van der Waals surface area contributed by atoms with E-state index >= 15 is 0 Å². The fourth-order valence-corrected chi connectivity index (χ4v) is 3.76. The summed E-state index contributed by atoms with van der Waals surface area (Å²) < 4.78 is 12.2. The minimum atomic E-state index is -0.832. The van der Waals surface area contributed by atoms with Crippen LogP contribution < -0.4 is 5.32 Å². The van der Waals surface area contributed by atoms with Crippen molar-refractivity contribution in [2.45, 2.75) is 43.4 Å². The van der Waals surface area contributed by atoms with Crippen LogP contribution in [0.1, 0.15) is 37.4 Å². The second-order valence-electron chi connectivity index (χ2n) is 4.50. The van der Waals surface area contributed by atoms with Gasteiger partial charge in [0.05, 0.1) is 10.8 Å².